The Kier molecular flexibility index (Phi) is 6.78. The van der Waals surface area contributed by atoms with E-state index >= 15 is 0 Å². The summed E-state index contributed by atoms with van der Waals surface area (Å²) in [5, 5.41) is 0.103. The Morgan fingerprint density at radius 2 is 1.96 bits per heavy atom. The van der Waals surface area contributed by atoms with Gasteiger partial charge >= 0.3 is 0 Å². The van der Waals surface area contributed by atoms with E-state index in [4.69, 9.17) is 16.3 Å². The predicted molar refractivity (Wildman–Crippen MR) is 105 cm³/mol. The number of sulfonamides is 1. The highest BCUT2D eigenvalue weighted by atomic mass is 35.5. The zero-order valence-electron chi connectivity index (χ0n) is 15.6. The van der Waals surface area contributed by atoms with Crippen LogP contribution in [0.4, 0.5) is 0 Å². The number of nitrogens with zero attached hydrogens (tertiary/aromatic N) is 1. The van der Waals surface area contributed by atoms with Crippen molar-refractivity contribution in [1.29, 1.82) is 0 Å². The van der Waals surface area contributed by atoms with Gasteiger partial charge in [0, 0.05) is 31.8 Å². The first-order valence-electron chi connectivity index (χ1n) is 9.56. The Bertz CT molecular complexity index is 772. The molecule has 8 heteroatoms. The van der Waals surface area contributed by atoms with Crippen molar-refractivity contribution in [2.75, 3.05) is 20.2 Å². The molecule has 0 radical (unpaired) electrons. The van der Waals surface area contributed by atoms with Crippen molar-refractivity contribution in [3.63, 3.8) is 0 Å². The molecule has 1 saturated heterocycles. The highest BCUT2D eigenvalue weighted by molar-refractivity contribution is 7.89. The van der Waals surface area contributed by atoms with Gasteiger partial charge < -0.3 is 9.64 Å². The lowest BCUT2D eigenvalue weighted by Gasteiger charge is -2.31. The number of ether oxygens (including phenoxy) is 1. The van der Waals surface area contributed by atoms with Crippen molar-refractivity contribution < 1.29 is 17.9 Å². The van der Waals surface area contributed by atoms with Crippen molar-refractivity contribution in [2.24, 2.45) is 0 Å². The number of carbonyl (C=O) groups is 1. The van der Waals surface area contributed by atoms with Crippen LogP contribution in [0.3, 0.4) is 0 Å². The van der Waals surface area contributed by atoms with Gasteiger partial charge in [-0.2, -0.15) is 0 Å². The summed E-state index contributed by atoms with van der Waals surface area (Å²) in [6.45, 7) is 0.865. The summed E-state index contributed by atoms with van der Waals surface area (Å²) >= 11 is 6.13. The van der Waals surface area contributed by atoms with Gasteiger partial charge in [0.05, 0.1) is 11.1 Å². The number of nitrogens with one attached hydrogen (secondary N) is 1. The van der Waals surface area contributed by atoms with Gasteiger partial charge in [0.15, 0.2) is 0 Å². The Hall–Kier alpha value is -1.15. The van der Waals surface area contributed by atoms with E-state index in [2.05, 4.69) is 4.72 Å². The van der Waals surface area contributed by atoms with E-state index in [-0.39, 0.29) is 34.5 Å². The lowest BCUT2D eigenvalue weighted by molar-refractivity contribution is 0.0696. The van der Waals surface area contributed by atoms with E-state index in [1.807, 2.05) is 0 Å². The first-order chi connectivity index (χ1) is 12.9. The Balaban J connectivity index is 1.75. The van der Waals surface area contributed by atoms with Crippen molar-refractivity contribution in [3.8, 4) is 0 Å². The zero-order chi connectivity index (χ0) is 19.4. The minimum absolute atomic E-state index is 0.0648. The molecule has 1 unspecified atom stereocenters. The number of carbonyl (C=O) groups excluding carboxylic acids is 1. The van der Waals surface area contributed by atoms with Gasteiger partial charge in [0.1, 0.15) is 4.90 Å². The average molecular weight is 415 g/mol. The second-order valence-electron chi connectivity index (χ2n) is 7.34. The first kappa shape index (κ1) is 20.6. The molecule has 1 amide bonds. The topological polar surface area (TPSA) is 75.7 Å². The molecule has 0 bridgehead atoms. The molecule has 1 aliphatic heterocycles. The minimum Gasteiger partial charge on any atom is -0.377 e. The third kappa shape index (κ3) is 5.02. The van der Waals surface area contributed by atoms with Crippen LogP contribution in [-0.4, -0.2) is 51.6 Å². The van der Waals surface area contributed by atoms with Crippen molar-refractivity contribution in [2.45, 2.75) is 62.0 Å². The molecule has 2 aliphatic rings. The molecular formula is C19H27ClN2O4S. The molecule has 1 atom stereocenters. The highest BCUT2D eigenvalue weighted by Crippen LogP contribution is 2.26. The maximum atomic E-state index is 12.8. The average Bonchev–Trinajstić information content (AvgIpc) is 3.20. The molecule has 3 rings (SSSR count). The van der Waals surface area contributed by atoms with Crippen LogP contribution in [0.2, 0.25) is 5.02 Å². The van der Waals surface area contributed by atoms with Gasteiger partial charge in [-0.3, -0.25) is 4.79 Å². The Morgan fingerprint density at radius 1 is 1.22 bits per heavy atom. The summed E-state index contributed by atoms with van der Waals surface area (Å²) in [7, 11) is -2.03. The Labute approximate surface area is 166 Å². The fraction of sp³-hybridized carbons (Fsp3) is 0.632. The number of rotatable bonds is 6. The zero-order valence-corrected chi connectivity index (χ0v) is 17.2. The number of hydrogen-bond acceptors (Lipinski definition) is 4. The number of benzene rings is 1. The fourth-order valence-electron chi connectivity index (χ4n) is 3.77. The lowest BCUT2D eigenvalue weighted by Crippen LogP contribution is -2.38. The second kappa shape index (κ2) is 8.90. The monoisotopic (exact) mass is 414 g/mol. The van der Waals surface area contributed by atoms with Crippen LogP contribution in [-0.2, 0) is 14.8 Å². The summed E-state index contributed by atoms with van der Waals surface area (Å²) in [5.41, 5.74) is 0.338. The van der Waals surface area contributed by atoms with Gasteiger partial charge in [-0.05, 0) is 43.9 Å². The second-order valence-corrected chi connectivity index (χ2v) is 9.48. The summed E-state index contributed by atoms with van der Waals surface area (Å²) in [5.74, 6) is -0.172. The number of halogens is 1. The van der Waals surface area contributed by atoms with Crippen LogP contribution >= 0.6 is 11.6 Å². The van der Waals surface area contributed by atoms with Gasteiger partial charge in [-0.1, -0.05) is 30.9 Å². The minimum atomic E-state index is -3.82. The molecule has 1 aromatic rings. The largest absolute Gasteiger partial charge is 0.377 e. The van der Waals surface area contributed by atoms with Gasteiger partial charge in [-0.15, -0.1) is 0 Å². The molecule has 0 aromatic heterocycles. The summed E-state index contributed by atoms with van der Waals surface area (Å²) < 4.78 is 33.4. The normalized spacial score (nSPS) is 21.3. The van der Waals surface area contributed by atoms with Gasteiger partial charge in [-0.25, -0.2) is 13.1 Å². The van der Waals surface area contributed by atoms with Crippen LogP contribution in [0.15, 0.2) is 23.1 Å². The summed E-state index contributed by atoms with van der Waals surface area (Å²) in [6, 6.07) is 4.65. The molecule has 1 saturated carbocycles. The maximum absolute atomic E-state index is 12.8. The highest BCUT2D eigenvalue weighted by Gasteiger charge is 2.26. The number of amides is 1. The van der Waals surface area contributed by atoms with Crippen LogP contribution in [0.25, 0.3) is 0 Å². The van der Waals surface area contributed by atoms with Crippen LogP contribution in [0.5, 0.6) is 0 Å². The fourth-order valence-corrected chi connectivity index (χ4v) is 5.36. The third-order valence-electron chi connectivity index (χ3n) is 5.44. The van der Waals surface area contributed by atoms with Gasteiger partial charge in [0.2, 0.25) is 10.0 Å². The van der Waals surface area contributed by atoms with Crippen LogP contribution in [0, 0.1) is 0 Å². The maximum Gasteiger partial charge on any atom is 0.253 e. The lowest BCUT2D eigenvalue weighted by atomic mass is 9.94. The molecular weight excluding hydrogens is 388 g/mol. The predicted octanol–water partition coefficient (Wildman–Crippen LogP) is 3.20. The van der Waals surface area contributed by atoms with E-state index in [9.17, 15) is 13.2 Å². The van der Waals surface area contributed by atoms with Crippen LogP contribution < -0.4 is 4.72 Å². The first-order valence-corrected chi connectivity index (χ1v) is 11.4. The molecule has 27 heavy (non-hydrogen) atoms. The van der Waals surface area contributed by atoms with E-state index in [1.54, 1.807) is 18.0 Å². The molecule has 6 nitrogen and oxygen atoms in total. The molecule has 150 valence electrons. The molecule has 1 aliphatic carbocycles. The van der Waals surface area contributed by atoms with E-state index < -0.39 is 10.0 Å². The molecule has 0 spiro atoms. The van der Waals surface area contributed by atoms with E-state index in [0.29, 0.717) is 12.2 Å². The molecule has 1 N–H and O–H groups in total. The molecule has 2 fully saturated rings. The standard InChI is InChI=1S/C19H27ClN2O4S/c1-22(15-6-3-2-4-7-15)19(23)14-9-10-17(20)18(12-14)27(24,25)21-13-16-8-5-11-26-16/h9-10,12,15-16,21H,2-8,11,13H2,1H3. The van der Waals surface area contributed by atoms with Crippen LogP contribution in [0.1, 0.15) is 55.3 Å². The smallest absolute Gasteiger partial charge is 0.253 e. The van der Waals surface area contributed by atoms with E-state index in [1.165, 1.54) is 18.6 Å². The number of hydrogen-bond donors (Lipinski definition) is 1. The molecule has 1 heterocycles. The molecule has 1 aromatic carbocycles. The Morgan fingerprint density at radius 3 is 2.63 bits per heavy atom. The van der Waals surface area contributed by atoms with Crippen molar-refractivity contribution in [3.05, 3.63) is 28.8 Å². The third-order valence-corrected chi connectivity index (χ3v) is 7.34. The van der Waals surface area contributed by atoms with Gasteiger partial charge in [0.25, 0.3) is 5.91 Å². The summed E-state index contributed by atoms with van der Waals surface area (Å²) in [4.78, 5) is 14.5. The van der Waals surface area contributed by atoms with E-state index in [0.717, 1.165) is 38.5 Å². The quantitative estimate of drug-likeness (QED) is 0.775. The SMILES string of the molecule is CN(C(=O)c1ccc(Cl)c(S(=O)(=O)NCC2CCCO2)c1)C1CCCCC1. The van der Waals surface area contributed by atoms with Crippen molar-refractivity contribution >= 4 is 27.5 Å². The van der Waals surface area contributed by atoms with Crippen molar-refractivity contribution in [1.82, 2.24) is 9.62 Å². The summed E-state index contributed by atoms with van der Waals surface area (Å²) in [6.07, 6.45) is 7.09.